The van der Waals surface area contributed by atoms with Gasteiger partial charge in [-0.25, -0.2) is 9.97 Å². The first-order valence-corrected chi connectivity index (χ1v) is 4.67. The Morgan fingerprint density at radius 3 is 2.64 bits per heavy atom. The van der Waals surface area contributed by atoms with E-state index in [4.69, 9.17) is 5.11 Å². The zero-order valence-electron chi connectivity index (χ0n) is 8.32. The van der Waals surface area contributed by atoms with Gasteiger partial charge in [-0.1, -0.05) is 0 Å². The largest absolute Gasteiger partial charge is 0.396 e. The summed E-state index contributed by atoms with van der Waals surface area (Å²) in [5.41, 5.74) is 1.04. The average Bonchev–Trinajstić information content (AvgIpc) is 2.25. The summed E-state index contributed by atoms with van der Waals surface area (Å²) < 4.78 is 0. The molecule has 1 aromatic heterocycles. The number of aromatic nitrogens is 2. The molecule has 0 fully saturated rings. The highest BCUT2D eigenvalue weighted by atomic mass is 16.3. The van der Waals surface area contributed by atoms with Gasteiger partial charge in [-0.3, -0.25) is 0 Å². The Hall–Kier alpha value is -1.20. The van der Waals surface area contributed by atoms with Crippen LogP contribution in [0.1, 0.15) is 12.0 Å². The molecule has 0 aliphatic carbocycles. The Labute approximate surface area is 83.6 Å². The molecule has 0 bridgehead atoms. The minimum atomic E-state index is 0.224. The van der Waals surface area contributed by atoms with Crippen LogP contribution in [0.4, 0.5) is 5.95 Å². The molecule has 78 valence electrons. The topological polar surface area (TPSA) is 70.1 Å². The molecule has 0 aliphatic heterocycles. The second kappa shape index (κ2) is 6.28. The SMILES string of the molecule is CNc1ncc(CNCCCO)cn1. The highest BCUT2D eigenvalue weighted by Crippen LogP contribution is 1.98. The van der Waals surface area contributed by atoms with Gasteiger partial charge >= 0.3 is 0 Å². The lowest BCUT2D eigenvalue weighted by molar-refractivity contribution is 0.286. The van der Waals surface area contributed by atoms with Crippen LogP contribution in [0.5, 0.6) is 0 Å². The Kier molecular flexibility index (Phi) is 4.88. The van der Waals surface area contributed by atoms with E-state index in [0.717, 1.165) is 25.1 Å². The van der Waals surface area contributed by atoms with E-state index >= 15 is 0 Å². The lowest BCUT2D eigenvalue weighted by atomic mass is 10.3. The molecule has 0 radical (unpaired) electrons. The molecule has 0 atom stereocenters. The standard InChI is InChI=1S/C9H16N4O/c1-10-9-12-6-8(7-13-9)5-11-3-2-4-14/h6-7,11,14H,2-5H2,1H3,(H,10,12,13). The molecule has 0 aromatic carbocycles. The van der Waals surface area contributed by atoms with Gasteiger partial charge in [-0.05, 0) is 13.0 Å². The molecule has 3 N–H and O–H groups in total. The number of anilines is 1. The van der Waals surface area contributed by atoms with Crippen LogP contribution >= 0.6 is 0 Å². The van der Waals surface area contributed by atoms with Crippen molar-refractivity contribution in [3.8, 4) is 0 Å². The van der Waals surface area contributed by atoms with Gasteiger partial charge < -0.3 is 15.7 Å². The second-order valence-corrected chi connectivity index (χ2v) is 2.92. The third kappa shape index (κ3) is 3.68. The van der Waals surface area contributed by atoms with Crippen molar-refractivity contribution in [2.24, 2.45) is 0 Å². The van der Waals surface area contributed by atoms with Crippen LogP contribution in [0.25, 0.3) is 0 Å². The van der Waals surface area contributed by atoms with Crippen molar-refractivity contribution in [2.75, 3.05) is 25.5 Å². The van der Waals surface area contributed by atoms with E-state index in [-0.39, 0.29) is 6.61 Å². The van der Waals surface area contributed by atoms with Gasteiger partial charge in [0.05, 0.1) is 0 Å². The molecule has 5 nitrogen and oxygen atoms in total. The van der Waals surface area contributed by atoms with E-state index in [0.29, 0.717) is 5.95 Å². The molecule has 0 aliphatic rings. The number of rotatable bonds is 6. The predicted octanol–water partition coefficient (Wildman–Crippen LogP) is -0.00970. The molecule has 0 amide bonds. The maximum absolute atomic E-state index is 8.56. The Balaban J connectivity index is 2.29. The molecule has 0 unspecified atom stereocenters. The van der Waals surface area contributed by atoms with E-state index in [1.54, 1.807) is 19.4 Å². The molecule has 1 heterocycles. The lowest BCUT2D eigenvalue weighted by Gasteiger charge is -2.03. The molecule has 0 saturated carbocycles. The summed E-state index contributed by atoms with van der Waals surface area (Å²) in [7, 11) is 1.79. The number of nitrogens with zero attached hydrogens (tertiary/aromatic N) is 2. The molecule has 1 rings (SSSR count). The smallest absolute Gasteiger partial charge is 0.222 e. The highest BCUT2D eigenvalue weighted by molar-refractivity contribution is 5.22. The van der Waals surface area contributed by atoms with Gasteiger partial charge in [0, 0.05) is 38.2 Å². The Morgan fingerprint density at radius 2 is 2.07 bits per heavy atom. The van der Waals surface area contributed by atoms with E-state index in [2.05, 4.69) is 20.6 Å². The van der Waals surface area contributed by atoms with Crippen LogP contribution in [-0.4, -0.2) is 35.3 Å². The van der Waals surface area contributed by atoms with Crippen LogP contribution in [0.2, 0.25) is 0 Å². The zero-order chi connectivity index (χ0) is 10.2. The molecule has 0 saturated heterocycles. The summed E-state index contributed by atoms with van der Waals surface area (Å²) in [6, 6.07) is 0. The predicted molar refractivity (Wildman–Crippen MR) is 55.0 cm³/mol. The Morgan fingerprint density at radius 1 is 1.36 bits per heavy atom. The van der Waals surface area contributed by atoms with Crippen LogP contribution in [0.15, 0.2) is 12.4 Å². The van der Waals surface area contributed by atoms with E-state index in [1.165, 1.54) is 0 Å². The van der Waals surface area contributed by atoms with Crippen molar-refractivity contribution < 1.29 is 5.11 Å². The van der Waals surface area contributed by atoms with Gasteiger partial charge in [-0.15, -0.1) is 0 Å². The first kappa shape index (κ1) is 10.9. The molecule has 1 aromatic rings. The fourth-order valence-electron chi connectivity index (χ4n) is 1.01. The van der Waals surface area contributed by atoms with Gasteiger partial charge in [0.1, 0.15) is 0 Å². The fourth-order valence-corrected chi connectivity index (χ4v) is 1.01. The summed E-state index contributed by atoms with van der Waals surface area (Å²) in [4.78, 5) is 8.17. The van der Waals surface area contributed by atoms with Gasteiger partial charge in [0.25, 0.3) is 0 Å². The maximum atomic E-state index is 8.56. The van der Waals surface area contributed by atoms with Crippen LogP contribution in [0, 0.1) is 0 Å². The summed E-state index contributed by atoms with van der Waals surface area (Å²) in [6.45, 7) is 1.77. The van der Waals surface area contributed by atoms with Crippen LogP contribution < -0.4 is 10.6 Å². The molecule has 14 heavy (non-hydrogen) atoms. The normalized spacial score (nSPS) is 10.1. The molecular formula is C9H16N4O. The number of hydrogen-bond donors (Lipinski definition) is 3. The minimum absolute atomic E-state index is 0.224. The molecular weight excluding hydrogens is 180 g/mol. The van der Waals surface area contributed by atoms with E-state index in [9.17, 15) is 0 Å². The van der Waals surface area contributed by atoms with Gasteiger partial charge in [0.15, 0.2) is 0 Å². The third-order valence-corrected chi connectivity index (χ3v) is 1.77. The highest BCUT2D eigenvalue weighted by Gasteiger charge is 1.94. The second-order valence-electron chi connectivity index (χ2n) is 2.92. The molecule has 0 spiro atoms. The van der Waals surface area contributed by atoms with E-state index in [1.807, 2.05) is 0 Å². The number of nitrogens with one attached hydrogen (secondary N) is 2. The van der Waals surface area contributed by atoms with Gasteiger partial charge in [0.2, 0.25) is 5.95 Å². The third-order valence-electron chi connectivity index (χ3n) is 1.77. The first-order valence-electron chi connectivity index (χ1n) is 4.67. The monoisotopic (exact) mass is 196 g/mol. The van der Waals surface area contributed by atoms with Crippen molar-refractivity contribution in [3.63, 3.8) is 0 Å². The number of aliphatic hydroxyl groups is 1. The summed E-state index contributed by atoms with van der Waals surface area (Å²) in [6.07, 6.45) is 4.34. The van der Waals surface area contributed by atoms with Crippen molar-refractivity contribution in [1.82, 2.24) is 15.3 Å². The maximum Gasteiger partial charge on any atom is 0.222 e. The lowest BCUT2D eigenvalue weighted by Crippen LogP contribution is -2.16. The van der Waals surface area contributed by atoms with Crippen LogP contribution in [-0.2, 0) is 6.54 Å². The number of hydrogen-bond acceptors (Lipinski definition) is 5. The van der Waals surface area contributed by atoms with Crippen molar-refractivity contribution in [2.45, 2.75) is 13.0 Å². The van der Waals surface area contributed by atoms with E-state index < -0.39 is 0 Å². The zero-order valence-corrected chi connectivity index (χ0v) is 8.32. The Bertz CT molecular complexity index is 249. The van der Waals surface area contributed by atoms with Crippen molar-refractivity contribution in [3.05, 3.63) is 18.0 Å². The summed E-state index contributed by atoms with van der Waals surface area (Å²) in [5, 5.41) is 14.6. The van der Waals surface area contributed by atoms with Gasteiger partial charge in [-0.2, -0.15) is 0 Å². The van der Waals surface area contributed by atoms with Crippen molar-refractivity contribution in [1.29, 1.82) is 0 Å². The average molecular weight is 196 g/mol. The minimum Gasteiger partial charge on any atom is -0.396 e. The quantitative estimate of drug-likeness (QED) is 0.558. The summed E-state index contributed by atoms with van der Waals surface area (Å²) in [5.74, 6) is 0.629. The molecule has 5 heteroatoms. The summed E-state index contributed by atoms with van der Waals surface area (Å²) >= 11 is 0. The van der Waals surface area contributed by atoms with Crippen molar-refractivity contribution >= 4 is 5.95 Å². The first-order chi connectivity index (χ1) is 6.86. The van der Waals surface area contributed by atoms with Crippen LogP contribution in [0.3, 0.4) is 0 Å². The number of aliphatic hydroxyl groups excluding tert-OH is 1. The fraction of sp³-hybridized carbons (Fsp3) is 0.556.